The van der Waals surface area contributed by atoms with Crippen molar-refractivity contribution in [3.05, 3.63) is 69.8 Å². The fourth-order valence-electron chi connectivity index (χ4n) is 3.77. The van der Waals surface area contributed by atoms with Gasteiger partial charge in [-0.3, -0.25) is 14.2 Å². The SMILES string of the molecule is CCn1nc(C)c(C(C)NC(=O)c2ccc(Cn3nc(C)cc3C)cc2)c1C. The lowest BCUT2D eigenvalue weighted by Gasteiger charge is -2.15. The molecule has 3 rings (SSSR count). The number of amides is 1. The van der Waals surface area contributed by atoms with Gasteiger partial charge in [-0.05, 0) is 65.3 Å². The highest BCUT2D eigenvalue weighted by molar-refractivity contribution is 5.94. The molecule has 148 valence electrons. The van der Waals surface area contributed by atoms with Crippen LogP contribution in [0.2, 0.25) is 0 Å². The molecule has 0 saturated heterocycles. The van der Waals surface area contributed by atoms with Crippen LogP contribution in [0.15, 0.2) is 30.3 Å². The topological polar surface area (TPSA) is 64.7 Å². The summed E-state index contributed by atoms with van der Waals surface area (Å²) < 4.78 is 3.95. The molecule has 1 N–H and O–H groups in total. The number of aryl methyl sites for hydroxylation is 4. The summed E-state index contributed by atoms with van der Waals surface area (Å²) in [7, 11) is 0. The average Bonchev–Trinajstić information content (AvgIpc) is 3.12. The van der Waals surface area contributed by atoms with E-state index in [1.807, 2.05) is 61.3 Å². The van der Waals surface area contributed by atoms with Crippen molar-refractivity contribution in [1.29, 1.82) is 0 Å². The predicted molar refractivity (Wildman–Crippen MR) is 111 cm³/mol. The van der Waals surface area contributed by atoms with Crippen molar-refractivity contribution < 1.29 is 4.79 Å². The average molecular weight is 380 g/mol. The van der Waals surface area contributed by atoms with Gasteiger partial charge in [-0.1, -0.05) is 12.1 Å². The van der Waals surface area contributed by atoms with E-state index in [9.17, 15) is 4.79 Å². The minimum absolute atomic E-state index is 0.0757. The van der Waals surface area contributed by atoms with Gasteiger partial charge in [0.1, 0.15) is 0 Å². The molecule has 3 aromatic rings. The number of aromatic nitrogens is 4. The molecule has 2 heterocycles. The molecule has 1 aromatic carbocycles. The van der Waals surface area contributed by atoms with Crippen LogP contribution in [0.25, 0.3) is 0 Å². The first kappa shape index (κ1) is 19.9. The van der Waals surface area contributed by atoms with Crippen molar-refractivity contribution >= 4 is 5.91 Å². The highest BCUT2D eigenvalue weighted by Crippen LogP contribution is 2.22. The molecule has 1 atom stereocenters. The molecule has 0 spiro atoms. The Hall–Kier alpha value is -2.89. The first-order valence-corrected chi connectivity index (χ1v) is 9.75. The van der Waals surface area contributed by atoms with Crippen LogP contribution in [0.4, 0.5) is 0 Å². The summed E-state index contributed by atoms with van der Waals surface area (Å²) in [6.07, 6.45) is 0. The van der Waals surface area contributed by atoms with Crippen molar-refractivity contribution in [3.8, 4) is 0 Å². The molecule has 6 nitrogen and oxygen atoms in total. The summed E-state index contributed by atoms with van der Waals surface area (Å²) >= 11 is 0. The Labute approximate surface area is 166 Å². The lowest BCUT2D eigenvalue weighted by Crippen LogP contribution is -2.27. The Morgan fingerprint density at radius 3 is 2.29 bits per heavy atom. The summed E-state index contributed by atoms with van der Waals surface area (Å²) in [5, 5.41) is 12.1. The van der Waals surface area contributed by atoms with Crippen molar-refractivity contribution in [2.45, 2.75) is 60.7 Å². The zero-order chi connectivity index (χ0) is 20.4. The highest BCUT2D eigenvalue weighted by Gasteiger charge is 2.19. The Balaban J connectivity index is 1.69. The maximum Gasteiger partial charge on any atom is 0.251 e. The predicted octanol–water partition coefficient (Wildman–Crippen LogP) is 3.87. The molecule has 0 aliphatic carbocycles. The van der Waals surface area contributed by atoms with Gasteiger partial charge >= 0.3 is 0 Å². The Kier molecular flexibility index (Phi) is 5.68. The molecule has 1 amide bonds. The van der Waals surface area contributed by atoms with E-state index in [1.54, 1.807) is 0 Å². The standard InChI is InChI=1S/C22H29N5O/c1-7-26-18(6)21(17(5)25-26)16(4)23-22(28)20-10-8-19(9-11-20)13-27-15(3)12-14(2)24-27/h8-12,16H,7,13H2,1-6H3,(H,23,28). The van der Waals surface area contributed by atoms with E-state index in [0.717, 1.165) is 40.4 Å². The molecular weight excluding hydrogens is 350 g/mol. The maximum atomic E-state index is 12.7. The smallest absolute Gasteiger partial charge is 0.251 e. The molecule has 0 saturated carbocycles. The summed E-state index contributed by atoms with van der Waals surface area (Å²) in [5.74, 6) is -0.0757. The molecule has 2 aromatic heterocycles. The van der Waals surface area contributed by atoms with Crippen LogP contribution in [0.3, 0.4) is 0 Å². The second-order valence-electron chi connectivity index (χ2n) is 7.38. The van der Waals surface area contributed by atoms with Gasteiger partial charge in [-0.15, -0.1) is 0 Å². The van der Waals surface area contributed by atoms with E-state index in [-0.39, 0.29) is 11.9 Å². The number of carbonyl (C=O) groups excluding carboxylic acids is 1. The zero-order valence-electron chi connectivity index (χ0n) is 17.6. The van der Waals surface area contributed by atoms with Gasteiger partial charge in [0.15, 0.2) is 0 Å². The summed E-state index contributed by atoms with van der Waals surface area (Å²) in [5.41, 5.74) is 7.08. The van der Waals surface area contributed by atoms with E-state index >= 15 is 0 Å². The molecule has 0 aliphatic rings. The largest absolute Gasteiger partial charge is 0.345 e. The molecule has 6 heteroatoms. The Morgan fingerprint density at radius 1 is 1.07 bits per heavy atom. The van der Waals surface area contributed by atoms with Gasteiger partial charge in [0, 0.05) is 29.1 Å². The van der Waals surface area contributed by atoms with Gasteiger partial charge in [0.25, 0.3) is 5.91 Å². The first-order chi connectivity index (χ1) is 13.3. The fourth-order valence-corrected chi connectivity index (χ4v) is 3.77. The van der Waals surface area contributed by atoms with E-state index in [0.29, 0.717) is 12.1 Å². The maximum absolute atomic E-state index is 12.7. The third-order valence-electron chi connectivity index (χ3n) is 5.17. The molecule has 0 bridgehead atoms. The molecule has 0 radical (unpaired) electrons. The second-order valence-corrected chi connectivity index (χ2v) is 7.38. The van der Waals surface area contributed by atoms with E-state index in [1.165, 1.54) is 0 Å². The van der Waals surface area contributed by atoms with Crippen molar-refractivity contribution in [3.63, 3.8) is 0 Å². The number of nitrogens with one attached hydrogen (secondary N) is 1. The minimum Gasteiger partial charge on any atom is -0.345 e. The van der Waals surface area contributed by atoms with Gasteiger partial charge in [-0.25, -0.2) is 0 Å². The van der Waals surface area contributed by atoms with Crippen LogP contribution in [0.5, 0.6) is 0 Å². The Bertz CT molecular complexity index is 981. The molecule has 0 aliphatic heterocycles. The lowest BCUT2D eigenvalue weighted by molar-refractivity contribution is 0.0939. The lowest BCUT2D eigenvalue weighted by atomic mass is 10.1. The van der Waals surface area contributed by atoms with Crippen molar-refractivity contribution in [1.82, 2.24) is 24.9 Å². The number of carbonyl (C=O) groups is 1. The monoisotopic (exact) mass is 379 g/mol. The van der Waals surface area contributed by atoms with E-state index < -0.39 is 0 Å². The molecular formula is C22H29N5O. The highest BCUT2D eigenvalue weighted by atomic mass is 16.1. The van der Waals surface area contributed by atoms with Crippen LogP contribution in [0, 0.1) is 27.7 Å². The fraction of sp³-hybridized carbons (Fsp3) is 0.409. The van der Waals surface area contributed by atoms with Crippen LogP contribution in [-0.4, -0.2) is 25.5 Å². The van der Waals surface area contributed by atoms with Gasteiger partial charge in [0.05, 0.1) is 24.0 Å². The summed E-state index contributed by atoms with van der Waals surface area (Å²) in [6, 6.07) is 9.69. The third kappa shape index (κ3) is 4.01. The van der Waals surface area contributed by atoms with Crippen LogP contribution in [0.1, 0.15) is 64.1 Å². The Morgan fingerprint density at radius 2 is 1.75 bits per heavy atom. The van der Waals surface area contributed by atoms with E-state index in [2.05, 4.69) is 35.4 Å². The van der Waals surface area contributed by atoms with Gasteiger partial charge < -0.3 is 5.32 Å². The van der Waals surface area contributed by atoms with Crippen molar-refractivity contribution in [2.75, 3.05) is 0 Å². The van der Waals surface area contributed by atoms with Gasteiger partial charge in [0.2, 0.25) is 0 Å². The number of hydrogen-bond donors (Lipinski definition) is 1. The van der Waals surface area contributed by atoms with Crippen molar-refractivity contribution in [2.24, 2.45) is 0 Å². The second kappa shape index (κ2) is 8.00. The van der Waals surface area contributed by atoms with Crippen LogP contribution < -0.4 is 5.32 Å². The number of nitrogens with zero attached hydrogens (tertiary/aromatic N) is 4. The zero-order valence-corrected chi connectivity index (χ0v) is 17.6. The normalized spacial score (nSPS) is 12.2. The first-order valence-electron chi connectivity index (χ1n) is 9.75. The van der Waals surface area contributed by atoms with E-state index in [4.69, 9.17) is 0 Å². The molecule has 28 heavy (non-hydrogen) atoms. The summed E-state index contributed by atoms with van der Waals surface area (Å²) in [6.45, 7) is 13.7. The van der Waals surface area contributed by atoms with Crippen LogP contribution in [-0.2, 0) is 13.1 Å². The molecule has 1 unspecified atom stereocenters. The number of rotatable bonds is 6. The minimum atomic E-state index is -0.0952. The number of hydrogen-bond acceptors (Lipinski definition) is 3. The summed E-state index contributed by atoms with van der Waals surface area (Å²) in [4.78, 5) is 12.7. The number of benzene rings is 1. The quantitative estimate of drug-likeness (QED) is 0.707. The van der Waals surface area contributed by atoms with Crippen LogP contribution >= 0.6 is 0 Å². The third-order valence-corrected chi connectivity index (χ3v) is 5.17. The molecule has 0 fully saturated rings. The van der Waals surface area contributed by atoms with Gasteiger partial charge in [-0.2, -0.15) is 10.2 Å².